The zero-order chi connectivity index (χ0) is 17.1. The summed E-state index contributed by atoms with van der Waals surface area (Å²) in [6, 6.07) is 1.88. The van der Waals surface area contributed by atoms with E-state index in [0.29, 0.717) is 17.4 Å². The van der Waals surface area contributed by atoms with Crippen LogP contribution in [0.25, 0.3) is 0 Å². The predicted octanol–water partition coefficient (Wildman–Crippen LogP) is 3.54. The number of aromatic nitrogens is 1. The van der Waals surface area contributed by atoms with Crippen LogP contribution in [0.2, 0.25) is 0 Å². The minimum atomic E-state index is -0.203. The Morgan fingerprint density at radius 1 is 1.12 bits per heavy atom. The van der Waals surface area contributed by atoms with E-state index in [2.05, 4.69) is 18.8 Å². The molecule has 1 aliphatic heterocycles. The van der Waals surface area contributed by atoms with Crippen LogP contribution in [0.1, 0.15) is 74.0 Å². The maximum absolute atomic E-state index is 12.9. The monoisotopic (exact) mass is 330 g/mol. The number of nitrogens with zero attached hydrogens (tertiary/aromatic N) is 1. The average molecular weight is 330 g/mol. The third-order valence-electron chi connectivity index (χ3n) is 5.82. The molecule has 1 N–H and O–H groups in total. The van der Waals surface area contributed by atoms with Gasteiger partial charge < -0.3 is 9.88 Å². The van der Waals surface area contributed by atoms with Crippen molar-refractivity contribution in [2.75, 3.05) is 13.1 Å². The van der Waals surface area contributed by atoms with Crippen LogP contribution in [0.3, 0.4) is 0 Å². The van der Waals surface area contributed by atoms with Crippen molar-refractivity contribution in [1.82, 2.24) is 9.88 Å². The molecular weight excluding hydrogens is 300 g/mol. The molecule has 3 rings (SSSR count). The lowest BCUT2D eigenvalue weighted by Crippen LogP contribution is -2.36. The van der Waals surface area contributed by atoms with E-state index in [1.165, 1.54) is 18.4 Å². The van der Waals surface area contributed by atoms with Gasteiger partial charge in [-0.15, -0.1) is 0 Å². The van der Waals surface area contributed by atoms with Crippen molar-refractivity contribution < 1.29 is 4.79 Å². The van der Waals surface area contributed by atoms with Gasteiger partial charge in [0.05, 0.1) is 0 Å². The molecule has 0 radical (unpaired) electrons. The Kier molecular flexibility index (Phi) is 5.42. The highest BCUT2D eigenvalue weighted by Gasteiger charge is 2.25. The van der Waals surface area contributed by atoms with Crippen LogP contribution in [-0.2, 0) is 12.8 Å². The minimum absolute atomic E-state index is 0.0762. The molecular formula is C20H30N2O2. The molecule has 0 aromatic carbocycles. The third-order valence-corrected chi connectivity index (χ3v) is 5.82. The lowest BCUT2D eigenvalue weighted by atomic mass is 9.89. The number of carbonyl (C=O) groups is 1. The molecule has 132 valence electrons. The van der Waals surface area contributed by atoms with Gasteiger partial charge in [-0.2, -0.15) is 0 Å². The molecule has 0 spiro atoms. The molecule has 1 amide bonds. The summed E-state index contributed by atoms with van der Waals surface area (Å²) in [4.78, 5) is 30.3. The minimum Gasteiger partial charge on any atom is -0.338 e. The van der Waals surface area contributed by atoms with E-state index >= 15 is 0 Å². The topological polar surface area (TPSA) is 53.2 Å². The Bertz CT molecular complexity index is 648. The van der Waals surface area contributed by atoms with E-state index in [-0.39, 0.29) is 11.5 Å². The molecule has 1 atom stereocenters. The highest BCUT2D eigenvalue weighted by atomic mass is 16.2. The summed E-state index contributed by atoms with van der Waals surface area (Å²) >= 11 is 0. The fourth-order valence-corrected chi connectivity index (χ4v) is 4.17. The zero-order valence-electron chi connectivity index (χ0n) is 15.1. The summed E-state index contributed by atoms with van der Waals surface area (Å²) in [7, 11) is 0. The summed E-state index contributed by atoms with van der Waals surface area (Å²) < 4.78 is 0. The fraction of sp³-hybridized carbons (Fsp3) is 0.700. The Balaban J connectivity index is 1.80. The standard InChI is InChI=1S/C20H30N2O2/c1-14(2)15-8-6-11-22(12-10-15)20(24)17-13-16-7-4-3-5-9-18(16)21-19(17)23/h13-15H,3-12H2,1-2H3,(H,21,23). The predicted molar refractivity (Wildman–Crippen MR) is 96.4 cm³/mol. The number of nitrogens with one attached hydrogen (secondary N) is 1. The largest absolute Gasteiger partial charge is 0.338 e. The van der Waals surface area contributed by atoms with Crippen LogP contribution in [-0.4, -0.2) is 28.9 Å². The molecule has 1 fully saturated rings. The number of carbonyl (C=O) groups excluding carboxylic acids is 1. The first kappa shape index (κ1) is 17.2. The molecule has 1 saturated heterocycles. The number of aryl methyl sites for hydroxylation is 2. The molecule has 4 nitrogen and oxygen atoms in total. The Morgan fingerprint density at radius 2 is 1.92 bits per heavy atom. The Morgan fingerprint density at radius 3 is 2.71 bits per heavy atom. The number of amides is 1. The molecule has 0 bridgehead atoms. The van der Waals surface area contributed by atoms with Crippen LogP contribution < -0.4 is 5.56 Å². The second-order valence-electron chi connectivity index (χ2n) is 7.80. The van der Waals surface area contributed by atoms with Crippen molar-refractivity contribution in [2.24, 2.45) is 11.8 Å². The van der Waals surface area contributed by atoms with Gasteiger partial charge in [0.15, 0.2) is 0 Å². The second-order valence-corrected chi connectivity index (χ2v) is 7.80. The lowest BCUT2D eigenvalue weighted by Gasteiger charge is -2.22. The molecule has 2 heterocycles. The quantitative estimate of drug-likeness (QED) is 0.843. The van der Waals surface area contributed by atoms with Crippen LogP contribution in [0, 0.1) is 11.8 Å². The average Bonchev–Trinajstić information content (AvgIpc) is 2.93. The van der Waals surface area contributed by atoms with Gasteiger partial charge in [-0.05, 0) is 68.4 Å². The number of H-pyrrole nitrogens is 1. The summed E-state index contributed by atoms with van der Waals surface area (Å²) in [5, 5.41) is 0. The van der Waals surface area contributed by atoms with E-state index in [1.807, 2.05) is 11.0 Å². The fourth-order valence-electron chi connectivity index (χ4n) is 4.17. The normalized spacial score (nSPS) is 22.0. The third kappa shape index (κ3) is 3.73. The number of fused-ring (bicyclic) bond motifs is 1. The molecule has 2 aliphatic rings. The number of hydrogen-bond acceptors (Lipinski definition) is 2. The summed E-state index contributed by atoms with van der Waals surface area (Å²) in [5.41, 5.74) is 2.36. The molecule has 4 heteroatoms. The Hall–Kier alpha value is -1.58. The SMILES string of the molecule is CC(C)C1CCCN(C(=O)c2cc3c([nH]c2=O)CCCCC3)CC1. The number of likely N-dealkylation sites (tertiary alicyclic amines) is 1. The van der Waals surface area contributed by atoms with Gasteiger partial charge in [-0.3, -0.25) is 9.59 Å². The molecule has 1 aliphatic carbocycles. The number of hydrogen-bond donors (Lipinski definition) is 1. The summed E-state index contributed by atoms with van der Waals surface area (Å²) in [6.45, 7) is 6.08. The molecule has 1 aromatic heterocycles. The first-order chi connectivity index (χ1) is 11.6. The van der Waals surface area contributed by atoms with Crippen molar-refractivity contribution in [2.45, 2.75) is 65.2 Å². The first-order valence-corrected chi connectivity index (χ1v) is 9.60. The van der Waals surface area contributed by atoms with E-state index in [4.69, 9.17) is 0 Å². The highest BCUT2D eigenvalue weighted by molar-refractivity contribution is 5.94. The van der Waals surface area contributed by atoms with Crippen molar-refractivity contribution in [3.8, 4) is 0 Å². The van der Waals surface area contributed by atoms with E-state index in [9.17, 15) is 9.59 Å². The molecule has 24 heavy (non-hydrogen) atoms. The second kappa shape index (κ2) is 7.54. The zero-order valence-corrected chi connectivity index (χ0v) is 15.1. The maximum Gasteiger partial charge on any atom is 0.261 e. The van der Waals surface area contributed by atoms with E-state index in [0.717, 1.165) is 57.3 Å². The highest BCUT2D eigenvalue weighted by Crippen LogP contribution is 2.25. The van der Waals surface area contributed by atoms with Gasteiger partial charge in [0.1, 0.15) is 5.56 Å². The molecule has 1 unspecified atom stereocenters. The van der Waals surface area contributed by atoms with E-state index < -0.39 is 0 Å². The van der Waals surface area contributed by atoms with Gasteiger partial charge in [0.2, 0.25) is 0 Å². The van der Waals surface area contributed by atoms with Crippen molar-refractivity contribution in [3.05, 3.63) is 33.2 Å². The Labute approximate surface area is 144 Å². The van der Waals surface area contributed by atoms with E-state index in [1.54, 1.807) is 0 Å². The van der Waals surface area contributed by atoms with Crippen molar-refractivity contribution >= 4 is 5.91 Å². The number of pyridine rings is 1. The molecule has 0 saturated carbocycles. The van der Waals surface area contributed by atoms with Gasteiger partial charge in [-0.1, -0.05) is 20.3 Å². The first-order valence-electron chi connectivity index (χ1n) is 9.60. The summed E-state index contributed by atoms with van der Waals surface area (Å²) in [5.74, 6) is 1.27. The number of rotatable bonds is 2. The van der Waals surface area contributed by atoms with Gasteiger partial charge in [0, 0.05) is 18.8 Å². The maximum atomic E-state index is 12.9. The van der Waals surface area contributed by atoms with Crippen LogP contribution in [0.4, 0.5) is 0 Å². The lowest BCUT2D eigenvalue weighted by molar-refractivity contribution is 0.0757. The van der Waals surface area contributed by atoms with Crippen LogP contribution in [0.5, 0.6) is 0 Å². The van der Waals surface area contributed by atoms with Gasteiger partial charge in [0.25, 0.3) is 11.5 Å². The van der Waals surface area contributed by atoms with Crippen molar-refractivity contribution in [3.63, 3.8) is 0 Å². The van der Waals surface area contributed by atoms with Gasteiger partial charge in [-0.25, -0.2) is 0 Å². The van der Waals surface area contributed by atoms with Crippen molar-refractivity contribution in [1.29, 1.82) is 0 Å². The van der Waals surface area contributed by atoms with Crippen LogP contribution >= 0.6 is 0 Å². The smallest absolute Gasteiger partial charge is 0.261 e. The summed E-state index contributed by atoms with van der Waals surface area (Å²) in [6.07, 6.45) is 8.64. The molecule has 1 aromatic rings. The van der Waals surface area contributed by atoms with Gasteiger partial charge >= 0.3 is 0 Å². The number of aromatic amines is 1. The van der Waals surface area contributed by atoms with Crippen LogP contribution in [0.15, 0.2) is 10.9 Å².